The second-order valence-corrected chi connectivity index (χ2v) is 7.47. The highest BCUT2D eigenvalue weighted by atomic mass is 32.2. The summed E-state index contributed by atoms with van der Waals surface area (Å²) >= 11 is 0. The molecule has 0 aromatic heterocycles. The lowest BCUT2D eigenvalue weighted by atomic mass is 9.98. The van der Waals surface area contributed by atoms with E-state index in [2.05, 4.69) is 19.2 Å². The lowest BCUT2D eigenvalue weighted by molar-refractivity contribution is 0.102. The second kappa shape index (κ2) is 7.15. The standard InChI is InChI=1S/C18H22N2O3S/c1-4-12(2)14-6-8-15(9-7-14)20-18(21)17-11-16(24(19,22)23)10-5-13(17)3/h5-12H,4H2,1-3H3,(H,20,21)(H2,19,22,23). The summed E-state index contributed by atoms with van der Waals surface area (Å²) in [5, 5.41) is 7.91. The Morgan fingerprint density at radius 1 is 1.17 bits per heavy atom. The molecule has 0 heterocycles. The molecule has 1 amide bonds. The lowest BCUT2D eigenvalue weighted by Crippen LogP contribution is -2.17. The molecule has 0 radical (unpaired) electrons. The van der Waals surface area contributed by atoms with E-state index in [0.29, 0.717) is 17.2 Å². The predicted molar refractivity (Wildman–Crippen MR) is 95.7 cm³/mol. The van der Waals surface area contributed by atoms with Crippen LogP contribution >= 0.6 is 0 Å². The van der Waals surface area contributed by atoms with Crippen LogP contribution in [-0.2, 0) is 10.0 Å². The number of anilines is 1. The fourth-order valence-corrected chi connectivity index (χ4v) is 2.89. The van der Waals surface area contributed by atoms with E-state index >= 15 is 0 Å². The molecule has 0 bridgehead atoms. The fraction of sp³-hybridized carbons (Fsp3) is 0.278. The van der Waals surface area contributed by atoms with Crippen molar-refractivity contribution in [3.63, 3.8) is 0 Å². The van der Waals surface area contributed by atoms with Gasteiger partial charge in [-0.2, -0.15) is 0 Å². The smallest absolute Gasteiger partial charge is 0.255 e. The van der Waals surface area contributed by atoms with Crippen molar-refractivity contribution in [3.8, 4) is 0 Å². The molecule has 2 aromatic carbocycles. The number of hydrogen-bond donors (Lipinski definition) is 2. The minimum absolute atomic E-state index is 0.0784. The second-order valence-electron chi connectivity index (χ2n) is 5.91. The number of carbonyl (C=O) groups is 1. The van der Waals surface area contributed by atoms with Gasteiger partial charge in [-0.05, 0) is 54.7 Å². The Bertz CT molecular complexity index is 843. The third-order valence-corrected chi connectivity index (χ3v) is 5.04. The molecule has 1 unspecified atom stereocenters. The summed E-state index contributed by atoms with van der Waals surface area (Å²) in [5.74, 6) is 0.0951. The number of hydrogen-bond acceptors (Lipinski definition) is 3. The van der Waals surface area contributed by atoms with Gasteiger partial charge in [0.2, 0.25) is 10.0 Å². The zero-order valence-electron chi connectivity index (χ0n) is 14.0. The van der Waals surface area contributed by atoms with Gasteiger partial charge < -0.3 is 5.32 Å². The quantitative estimate of drug-likeness (QED) is 0.869. The van der Waals surface area contributed by atoms with Crippen molar-refractivity contribution in [1.82, 2.24) is 0 Å². The van der Waals surface area contributed by atoms with Crippen molar-refractivity contribution in [1.29, 1.82) is 0 Å². The summed E-state index contributed by atoms with van der Waals surface area (Å²) in [6.45, 7) is 6.02. The van der Waals surface area contributed by atoms with E-state index in [1.54, 1.807) is 13.0 Å². The van der Waals surface area contributed by atoms with Crippen LogP contribution in [0.5, 0.6) is 0 Å². The van der Waals surface area contributed by atoms with Gasteiger partial charge in [0, 0.05) is 11.3 Å². The number of rotatable bonds is 5. The summed E-state index contributed by atoms with van der Waals surface area (Å²) < 4.78 is 22.9. The van der Waals surface area contributed by atoms with Gasteiger partial charge >= 0.3 is 0 Å². The number of sulfonamides is 1. The van der Waals surface area contributed by atoms with Gasteiger partial charge in [-0.1, -0.05) is 32.0 Å². The zero-order chi connectivity index (χ0) is 17.9. The molecule has 0 saturated carbocycles. The van der Waals surface area contributed by atoms with Crippen LogP contribution in [0.2, 0.25) is 0 Å². The highest BCUT2D eigenvalue weighted by Gasteiger charge is 2.15. The summed E-state index contributed by atoms with van der Waals surface area (Å²) in [4.78, 5) is 12.4. The molecule has 128 valence electrons. The average Bonchev–Trinajstić information content (AvgIpc) is 2.54. The lowest BCUT2D eigenvalue weighted by Gasteiger charge is -2.12. The van der Waals surface area contributed by atoms with E-state index < -0.39 is 10.0 Å². The molecule has 5 nitrogen and oxygen atoms in total. The molecule has 6 heteroatoms. The van der Waals surface area contributed by atoms with Gasteiger partial charge in [0.15, 0.2) is 0 Å². The third-order valence-electron chi connectivity index (χ3n) is 4.13. The Morgan fingerprint density at radius 2 is 1.79 bits per heavy atom. The highest BCUT2D eigenvalue weighted by molar-refractivity contribution is 7.89. The van der Waals surface area contributed by atoms with Gasteiger partial charge in [-0.25, -0.2) is 13.6 Å². The molecule has 2 rings (SSSR count). The van der Waals surface area contributed by atoms with E-state index in [-0.39, 0.29) is 16.4 Å². The van der Waals surface area contributed by atoms with E-state index in [4.69, 9.17) is 5.14 Å². The van der Waals surface area contributed by atoms with Crippen LogP contribution < -0.4 is 10.5 Å². The van der Waals surface area contributed by atoms with Crippen molar-refractivity contribution >= 4 is 21.6 Å². The molecule has 0 spiro atoms. The molecule has 2 aromatic rings. The molecule has 0 aliphatic rings. The molecule has 24 heavy (non-hydrogen) atoms. The van der Waals surface area contributed by atoms with Crippen molar-refractivity contribution in [2.75, 3.05) is 5.32 Å². The Hall–Kier alpha value is -2.18. The maximum absolute atomic E-state index is 12.4. The maximum Gasteiger partial charge on any atom is 0.255 e. The monoisotopic (exact) mass is 346 g/mol. The number of carbonyl (C=O) groups excluding carboxylic acids is 1. The first-order valence-corrected chi connectivity index (χ1v) is 9.31. The molecule has 0 aliphatic heterocycles. The first-order valence-electron chi connectivity index (χ1n) is 7.77. The van der Waals surface area contributed by atoms with E-state index in [9.17, 15) is 13.2 Å². The largest absolute Gasteiger partial charge is 0.322 e. The summed E-state index contributed by atoms with van der Waals surface area (Å²) in [6, 6.07) is 11.9. The predicted octanol–water partition coefficient (Wildman–Crippen LogP) is 3.41. The first kappa shape index (κ1) is 18.2. The molecule has 0 saturated heterocycles. The zero-order valence-corrected chi connectivity index (χ0v) is 14.9. The molecule has 3 N–H and O–H groups in total. The fourth-order valence-electron chi connectivity index (χ4n) is 2.35. The van der Waals surface area contributed by atoms with Crippen LogP contribution in [0.25, 0.3) is 0 Å². The number of nitrogens with one attached hydrogen (secondary N) is 1. The van der Waals surface area contributed by atoms with Crippen LogP contribution in [0.1, 0.15) is 47.7 Å². The Morgan fingerprint density at radius 3 is 2.33 bits per heavy atom. The van der Waals surface area contributed by atoms with Crippen LogP contribution in [0.3, 0.4) is 0 Å². The van der Waals surface area contributed by atoms with Crippen molar-refractivity contribution in [2.24, 2.45) is 5.14 Å². The van der Waals surface area contributed by atoms with Crippen molar-refractivity contribution in [2.45, 2.75) is 38.0 Å². The van der Waals surface area contributed by atoms with Crippen molar-refractivity contribution in [3.05, 3.63) is 59.2 Å². The van der Waals surface area contributed by atoms with Gasteiger partial charge in [-0.15, -0.1) is 0 Å². The highest BCUT2D eigenvalue weighted by Crippen LogP contribution is 2.21. The van der Waals surface area contributed by atoms with E-state index in [1.165, 1.54) is 17.7 Å². The molecule has 1 atom stereocenters. The summed E-state index contributed by atoms with van der Waals surface area (Å²) in [6.07, 6.45) is 1.05. The molecule has 0 aliphatic carbocycles. The molecular formula is C18H22N2O3S. The van der Waals surface area contributed by atoms with E-state index in [1.807, 2.05) is 24.3 Å². The van der Waals surface area contributed by atoms with Crippen LogP contribution in [0.4, 0.5) is 5.69 Å². The molecule has 0 fully saturated rings. The van der Waals surface area contributed by atoms with Gasteiger partial charge in [0.1, 0.15) is 0 Å². The summed E-state index contributed by atoms with van der Waals surface area (Å²) in [7, 11) is -3.85. The number of primary sulfonamides is 1. The van der Waals surface area contributed by atoms with Gasteiger partial charge in [-0.3, -0.25) is 4.79 Å². The van der Waals surface area contributed by atoms with Crippen molar-refractivity contribution < 1.29 is 13.2 Å². The average molecular weight is 346 g/mol. The van der Waals surface area contributed by atoms with E-state index in [0.717, 1.165) is 6.42 Å². The Kier molecular flexibility index (Phi) is 5.41. The van der Waals surface area contributed by atoms with Gasteiger partial charge in [0.05, 0.1) is 4.90 Å². The topological polar surface area (TPSA) is 89.3 Å². The Labute approximate surface area is 142 Å². The summed E-state index contributed by atoms with van der Waals surface area (Å²) in [5.41, 5.74) is 2.83. The molecular weight excluding hydrogens is 324 g/mol. The van der Waals surface area contributed by atoms with Crippen LogP contribution in [0.15, 0.2) is 47.4 Å². The van der Waals surface area contributed by atoms with Crippen LogP contribution in [-0.4, -0.2) is 14.3 Å². The minimum atomic E-state index is -3.85. The maximum atomic E-state index is 12.4. The SMILES string of the molecule is CCC(C)c1ccc(NC(=O)c2cc(S(N)(=O)=O)ccc2C)cc1. The Balaban J connectivity index is 2.24. The number of nitrogens with two attached hydrogens (primary N) is 1. The first-order chi connectivity index (χ1) is 11.2. The van der Waals surface area contributed by atoms with Crippen LogP contribution in [0, 0.1) is 6.92 Å². The minimum Gasteiger partial charge on any atom is -0.322 e. The number of aryl methyl sites for hydroxylation is 1. The normalized spacial score (nSPS) is 12.7. The third kappa shape index (κ3) is 4.21. The van der Waals surface area contributed by atoms with Gasteiger partial charge in [0.25, 0.3) is 5.91 Å². The number of amides is 1. The number of benzene rings is 2.